The number of alkyl halides is 1. The predicted molar refractivity (Wildman–Crippen MR) is 80.0 cm³/mol. The SMILES string of the molecule is CC(C)CC(CCl)NC(=O)c1snnc1C(C)(C)C. The van der Waals surface area contributed by atoms with Crippen molar-refractivity contribution in [2.75, 3.05) is 5.88 Å². The van der Waals surface area contributed by atoms with E-state index < -0.39 is 0 Å². The summed E-state index contributed by atoms with van der Waals surface area (Å²) in [5.74, 6) is 0.790. The summed E-state index contributed by atoms with van der Waals surface area (Å²) in [4.78, 5) is 12.9. The maximum absolute atomic E-state index is 12.3. The molecule has 0 aromatic carbocycles. The number of aromatic nitrogens is 2. The predicted octanol–water partition coefficient (Wildman–Crippen LogP) is 3.22. The standard InChI is InChI=1S/C13H22ClN3OS/c1-8(2)6-9(7-14)15-12(18)10-11(13(3,4)5)16-17-19-10/h8-9H,6-7H2,1-5H3,(H,15,18). The van der Waals surface area contributed by atoms with Gasteiger partial charge in [0, 0.05) is 17.3 Å². The average molecular weight is 304 g/mol. The lowest BCUT2D eigenvalue weighted by Gasteiger charge is -2.20. The summed E-state index contributed by atoms with van der Waals surface area (Å²) in [5, 5.41) is 7.05. The van der Waals surface area contributed by atoms with Crippen LogP contribution >= 0.6 is 23.1 Å². The fourth-order valence-corrected chi connectivity index (χ4v) is 2.79. The van der Waals surface area contributed by atoms with Crippen molar-refractivity contribution in [1.29, 1.82) is 0 Å². The summed E-state index contributed by atoms with van der Waals surface area (Å²) in [6, 6.07) is -0.0101. The van der Waals surface area contributed by atoms with Crippen LogP contribution in [0, 0.1) is 5.92 Å². The van der Waals surface area contributed by atoms with E-state index in [0.29, 0.717) is 16.7 Å². The minimum absolute atomic E-state index is 0.0101. The number of nitrogens with one attached hydrogen (secondary N) is 1. The molecule has 0 saturated carbocycles. The van der Waals surface area contributed by atoms with Crippen molar-refractivity contribution in [2.24, 2.45) is 5.92 Å². The first-order valence-electron chi connectivity index (χ1n) is 6.45. The van der Waals surface area contributed by atoms with Gasteiger partial charge in [0.2, 0.25) is 0 Å². The Labute approximate surface area is 124 Å². The van der Waals surface area contributed by atoms with E-state index >= 15 is 0 Å². The highest BCUT2D eigenvalue weighted by molar-refractivity contribution is 7.08. The molecule has 0 aliphatic heterocycles. The number of hydrogen-bond acceptors (Lipinski definition) is 4. The molecule has 0 bridgehead atoms. The van der Waals surface area contributed by atoms with Gasteiger partial charge in [-0.15, -0.1) is 16.7 Å². The molecular weight excluding hydrogens is 282 g/mol. The van der Waals surface area contributed by atoms with Crippen LogP contribution in [0.2, 0.25) is 0 Å². The van der Waals surface area contributed by atoms with Gasteiger partial charge in [0.1, 0.15) is 4.88 Å². The fraction of sp³-hybridized carbons (Fsp3) is 0.769. The van der Waals surface area contributed by atoms with Gasteiger partial charge in [-0.3, -0.25) is 4.79 Å². The normalized spacial score (nSPS) is 13.6. The minimum Gasteiger partial charge on any atom is -0.347 e. The van der Waals surface area contributed by atoms with Crippen LogP contribution in [-0.4, -0.2) is 27.4 Å². The molecule has 0 saturated heterocycles. The summed E-state index contributed by atoms with van der Waals surface area (Å²) < 4.78 is 3.90. The first-order valence-corrected chi connectivity index (χ1v) is 7.76. The second-order valence-corrected chi connectivity index (χ2v) is 7.22. The van der Waals surface area contributed by atoms with E-state index in [9.17, 15) is 4.79 Å². The average Bonchev–Trinajstić information content (AvgIpc) is 2.75. The van der Waals surface area contributed by atoms with Crippen LogP contribution < -0.4 is 5.32 Å². The zero-order chi connectivity index (χ0) is 14.6. The Hall–Kier alpha value is -0.680. The van der Waals surface area contributed by atoms with Crippen molar-refractivity contribution in [3.05, 3.63) is 10.6 Å². The van der Waals surface area contributed by atoms with E-state index in [4.69, 9.17) is 11.6 Å². The topological polar surface area (TPSA) is 54.9 Å². The fourth-order valence-electron chi connectivity index (χ4n) is 1.81. The Morgan fingerprint density at radius 2 is 2.05 bits per heavy atom. The van der Waals surface area contributed by atoms with Gasteiger partial charge in [0.25, 0.3) is 5.91 Å². The van der Waals surface area contributed by atoms with Crippen molar-refractivity contribution in [3.8, 4) is 0 Å². The van der Waals surface area contributed by atoms with Gasteiger partial charge in [-0.05, 0) is 23.9 Å². The number of amides is 1. The van der Waals surface area contributed by atoms with Crippen molar-refractivity contribution in [2.45, 2.75) is 52.5 Å². The van der Waals surface area contributed by atoms with E-state index in [1.54, 1.807) is 0 Å². The van der Waals surface area contributed by atoms with Gasteiger partial charge in [0.05, 0.1) is 5.69 Å². The zero-order valence-corrected chi connectivity index (χ0v) is 13.7. The molecule has 1 aromatic heterocycles. The van der Waals surface area contributed by atoms with Crippen LogP contribution in [0.25, 0.3) is 0 Å². The van der Waals surface area contributed by atoms with Crippen molar-refractivity contribution in [1.82, 2.24) is 14.9 Å². The largest absolute Gasteiger partial charge is 0.347 e. The second kappa shape index (κ2) is 6.66. The number of hydrogen-bond donors (Lipinski definition) is 1. The zero-order valence-electron chi connectivity index (χ0n) is 12.2. The van der Waals surface area contributed by atoms with Gasteiger partial charge >= 0.3 is 0 Å². The lowest BCUT2D eigenvalue weighted by Crippen LogP contribution is -2.37. The van der Waals surface area contributed by atoms with Gasteiger partial charge in [-0.2, -0.15) is 0 Å². The summed E-state index contributed by atoms with van der Waals surface area (Å²) in [7, 11) is 0. The van der Waals surface area contributed by atoms with E-state index in [0.717, 1.165) is 23.6 Å². The maximum Gasteiger partial charge on any atom is 0.265 e. The maximum atomic E-state index is 12.3. The summed E-state index contributed by atoms with van der Waals surface area (Å²) in [6.45, 7) is 10.3. The van der Waals surface area contributed by atoms with Crippen LogP contribution in [0.5, 0.6) is 0 Å². The first-order chi connectivity index (χ1) is 8.75. The molecule has 4 nitrogen and oxygen atoms in total. The van der Waals surface area contributed by atoms with Crippen molar-refractivity contribution < 1.29 is 4.79 Å². The van der Waals surface area contributed by atoms with Crippen LogP contribution in [-0.2, 0) is 5.41 Å². The monoisotopic (exact) mass is 303 g/mol. The number of carbonyl (C=O) groups is 1. The molecule has 6 heteroatoms. The quantitative estimate of drug-likeness (QED) is 0.850. The van der Waals surface area contributed by atoms with Gasteiger partial charge in [-0.1, -0.05) is 39.1 Å². The highest BCUT2D eigenvalue weighted by atomic mass is 35.5. The Balaban J connectivity index is 2.81. The molecule has 1 amide bonds. The summed E-state index contributed by atoms with van der Waals surface area (Å²) >= 11 is 7.04. The van der Waals surface area contributed by atoms with Gasteiger partial charge in [-0.25, -0.2) is 0 Å². The molecule has 108 valence electrons. The third kappa shape index (κ3) is 4.73. The lowest BCUT2D eigenvalue weighted by molar-refractivity contribution is 0.0938. The second-order valence-electron chi connectivity index (χ2n) is 6.15. The summed E-state index contributed by atoms with van der Waals surface area (Å²) in [5.41, 5.74) is 0.557. The third-order valence-electron chi connectivity index (χ3n) is 2.68. The van der Waals surface area contributed by atoms with Crippen molar-refractivity contribution >= 4 is 29.0 Å². The Morgan fingerprint density at radius 3 is 2.53 bits per heavy atom. The molecule has 0 aliphatic carbocycles. The van der Waals surface area contributed by atoms with Crippen LogP contribution in [0.15, 0.2) is 0 Å². The number of rotatable bonds is 5. The van der Waals surface area contributed by atoms with Gasteiger partial charge in [0.15, 0.2) is 0 Å². The van der Waals surface area contributed by atoms with Gasteiger partial charge < -0.3 is 5.32 Å². The molecule has 1 aromatic rings. The molecule has 0 spiro atoms. The highest BCUT2D eigenvalue weighted by Crippen LogP contribution is 2.25. The molecule has 1 atom stereocenters. The molecule has 0 radical (unpaired) electrons. The highest BCUT2D eigenvalue weighted by Gasteiger charge is 2.27. The van der Waals surface area contributed by atoms with Crippen LogP contribution in [0.3, 0.4) is 0 Å². The lowest BCUT2D eigenvalue weighted by atomic mass is 9.91. The molecule has 1 unspecified atom stereocenters. The molecule has 0 fully saturated rings. The molecule has 19 heavy (non-hydrogen) atoms. The molecule has 1 N–H and O–H groups in total. The van der Waals surface area contributed by atoms with E-state index in [2.05, 4.69) is 28.8 Å². The number of halogens is 1. The number of carbonyl (C=O) groups excluding carboxylic acids is 1. The van der Waals surface area contributed by atoms with E-state index in [1.807, 2.05) is 20.8 Å². The first kappa shape index (κ1) is 16.4. The molecular formula is C13H22ClN3OS. The Kier molecular flexibility index (Phi) is 5.74. The third-order valence-corrected chi connectivity index (χ3v) is 3.78. The smallest absolute Gasteiger partial charge is 0.265 e. The van der Waals surface area contributed by atoms with E-state index in [-0.39, 0.29) is 17.4 Å². The number of nitrogens with zero attached hydrogens (tertiary/aromatic N) is 2. The summed E-state index contributed by atoms with van der Waals surface area (Å²) in [6.07, 6.45) is 0.867. The molecule has 1 rings (SSSR count). The van der Waals surface area contributed by atoms with Crippen LogP contribution in [0.1, 0.15) is 56.4 Å². The minimum atomic E-state index is -0.186. The molecule has 0 aliphatic rings. The molecule has 1 heterocycles. The Morgan fingerprint density at radius 1 is 1.42 bits per heavy atom. The van der Waals surface area contributed by atoms with Crippen molar-refractivity contribution in [3.63, 3.8) is 0 Å². The Bertz CT molecular complexity index is 426. The van der Waals surface area contributed by atoms with E-state index in [1.165, 1.54) is 0 Å². The van der Waals surface area contributed by atoms with Crippen LogP contribution in [0.4, 0.5) is 0 Å².